The summed E-state index contributed by atoms with van der Waals surface area (Å²) in [7, 11) is 0. The van der Waals surface area contributed by atoms with Gasteiger partial charge in [0.25, 0.3) is 5.91 Å². The van der Waals surface area contributed by atoms with Crippen LogP contribution in [-0.4, -0.2) is 39.9 Å². The first-order valence-electron chi connectivity index (χ1n) is 9.18. The molecule has 7 nitrogen and oxygen atoms in total. The lowest BCUT2D eigenvalue weighted by Crippen LogP contribution is -2.45. The normalized spacial score (nSPS) is 16.7. The van der Waals surface area contributed by atoms with Crippen molar-refractivity contribution in [1.82, 2.24) is 20.4 Å². The van der Waals surface area contributed by atoms with Gasteiger partial charge < -0.3 is 14.7 Å². The molecular weight excluding hydrogens is 376 g/mol. The first-order valence-corrected chi connectivity index (χ1v) is 10.1. The Morgan fingerprint density at radius 2 is 2.11 bits per heavy atom. The van der Waals surface area contributed by atoms with E-state index in [2.05, 4.69) is 15.5 Å². The molecule has 2 aromatic heterocycles. The van der Waals surface area contributed by atoms with E-state index in [4.69, 9.17) is 4.52 Å². The van der Waals surface area contributed by atoms with E-state index >= 15 is 0 Å². The molecule has 3 aromatic rings. The molecule has 1 fully saturated rings. The van der Waals surface area contributed by atoms with Gasteiger partial charge in [-0.2, -0.15) is 0 Å². The number of carbonyl (C=O) groups is 2. The van der Waals surface area contributed by atoms with Crippen LogP contribution in [0, 0.1) is 5.92 Å². The molecule has 28 heavy (non-hydrogen) atoms. The van der Waals surface area contributed by atoms with Gasteiger partial charge in [0.1, 0.15) is 5.01 Å². The van der Waals surface area contributed by atoms with Crippen LogP contribution in [0.2, 0.25) is 0 Å². The van der Waals surface area contributed by atoms with Gasteiger partial charge in [-0.25, -0.2) is 4.98 Å². The number of aromatic nitrogens is 2. The van der Waals surface area contributed by atoms with Crippen LogP contribution < -0.4 is 5.32 Å². The highest BCUT2D eigenvalue weighted by atomic mass is 32.1. The lowest BCUT2D eigenvalue weighted by Gasteiger charge is -2.31. The molecule has 0 bridgehead atoms. The second-order valence-corrected chi connectivity index (χ2v) is 7.62. The summed E-state index contributed by atoms with van der Waals surface area (Å²) in [4.78, 5) is 31.2. The summed E-state index contributed by atoms with van der Waals surface area (Å²) in [6.07, 6.45) is 2.99. The van der Waals surface area contributed by atoms with Crippen molar-refractivity contribution >= 4 is 23.2 Å². The molecule has 0 spiro atoms. The minimum Gasteiger partial charge on any atom is -0.351 e. The van der Waals surface area contributed by atoms with Crippen molar-refractivity contribution in [3.8, 4) is 11.3 Å². The number of hydrogen-bond donors (Lipinski definition) is 1. The number of rotatable bonds is 5. The largest absolute Gasteiger partial charge is 0.351 e. The van der Waals surface area contributed by atoms with Gasteiger partial charge in [0.2, 0.25) is 11.7 Å². The van der Waals surface area contributed by atoms with Crippen LogP contribution in [0.25, 0.3) is 11.3 Å². The first-order chi connectivity index (χ1) is 13.7. The summed E-state index contributed by atoms with van der Waals surface area (Å²) in [6, 6.07) is 11.5. The predicted molar refractivity (Wildman–Crippen MR) is 105 cm³/mol. The number of hydrogen-bond acceptors (Lipinski definition) is 6. The molecule has 0 unspecified atom stereocenters. The van der Waals surface area contributed by atoms with Gasteiger partial charge in [-0.3, -0.25) is 9.59 Å². The average molecular weight is 396 g/mol. The maximum absolute atomic E-state index is 12.6. The van der Waals surface area contributed by atoms with Gasteiger partial charge >= 0.3 is 0 Å². The molecule has 1 N–H and O–H groups in total. The van der Waals surface area contributed by atoms with E-state index in [0.29, 0.717) is 19.6 Å². The minimum atomic E-state index is -0.228. The number of carbonyl (C=O) groups excluding carboxylic acids is 2. The summed E-state index contributed by atoms with van der Waals surface area (Å²) in [5, 5.41) is 9.39. The number of nitrogens with one attached hydrogen (secondary N) is 1. The highest BCUT2D eigenvalue weighted by molar-refractivity contribution is 7.09. The smallest absolute Gasteiger partial charge is 0.292 e. The standard InChI is InChI=1S/C20H20N4O3S/c25-19(15-7-4-10-24(12-15)20(26)17-8-9-22-27-17)21-11-18-23-16(13-28-18)14-5-2-1-3-6-14/h1-3,5-6,8-9,13,15H,4,7,10-12H2,(H,21,25)/t15-/m0/s1. The fourth-order valence-corrected chi connectivity index (χ4v) is 4.04. The third kappa shape index (κ3) is 4.12. The Morgan fingerprint density at radius 3 is 2.89 bits per heavy atom. The summed E-state index contributed by atoms with van der Waals surface area (Å²) in [6.45, 7) is 1.40. The maximum atomic E-state index is 12.6. The van der Waals surface area contributed by atoms with Crippen LogP contribution in [0.15, 0.2) is 52.5 Å². The predicted octanol–water partition coefficient (Wildman–Crippen LogP) is 2.97. The van der Waals surface area contributed by atoms with E-state index < -0.39 is 0 Å². The molecule has 3 heterocycles. The zero-order chi connectivity index (χ0) is 19.3. The molecule has 1 atom stereocenters. The van der Waals surface area contributed by atoms with Crippen LogP contribution in [-0.2, 0) is 11.3 Å². The maximum Gasteiger partial charge on any atom is 0.292 e. The third-order valence-corrected chi connectivity index (χ3v) is 5.61. The molecular formula is C20H20N4O3S. The molecule has 1 aliphatic heterocycles. The van der Waals surface area contributed by atoms with Crippen LogP contribution in [0.3, 0.4) is 0 Å². The van der Waals surface area contributed by atoms with Gasteiger partial charge in [0.05, 0.1) is 24.4 Å². The Hall–Kier alpha value is -3.00. The Bertz CT molecular complexity index is 940. The monoisotopic (exact) mass is 396 g/mol. The van der Waals surface area contributed by atoms with Crippen molar-refractivity contribution < 1.29 is 14.1 Å². The Labute approximate surface area is 166 Å². The van der Waals surface area contributed by atoms with Crippen molar-refractivity contribution in [2.75, 3.05) is 13.1 Å². The molecule has 2 amide bonds. The second-order valence-electron chi connectivity index (χ2n) is 6.68. The molecule has 1 aliphatic rings. The van der Waals surface area contributed by atoms with E-state index in [-0.39, 0.29) is 23.5 Å². The fraction of sp³-hybridized carbons (Fsp3) is 0.300. The Balaban J connectivity index is 1.32. The van der Waals surface area contributed by atoms with Crippen molar-refractivity contribution in [3.63, 3.8) is 0 Å². The van der Waals surface area contributed by atoms with Gasteiger partial charge in [-0.1, -0.05) is 35.5 Å². The topological polar surface area (TPSA) is 88.3 Å². The van der Waals surface area contributed by atoms with E-state index in [9.17, 15) is 9.59 Å². The highest BCUT2D eigenvalue weighted by Gasteiger charge is 2.30. The number of amides is 2. The lowest BCUT2D eigenvalue weighted by molar-refractivity contribution is -0.126. The van der Waals surface area contributed by atoms with Crippen LogP contribution in [0.5, 0.6) is 0 Å². The van der Waals surface area contributed by atoms with E-state index in [1.54, 1.807) is 11.0 Å². The number of likely N-dealkylation sites (tertiary alicyclic amines) is 1. The first kappa shape index (κ1) is 18.4. The van der Waals surface area contributed by atoms with Crippen LogP contribution in [0.4, 0.5) is 0 Å². The van der Waals surface area contributed by atoms with E-state index in [1.807, 2.05) is 35.7 Å². The number of piperidine rings is 1. The van der Waals surface area contributed by atoms with Crippen LogP contribution in [0.1, 0.15) is 28.4 Å². The van der Waals surface area contributed by atoms with E-state index in [1.165, 1.54) is 17.5 Å². The summed E-state index contributed by atoms with van der Waals surface area (Å²) in [5.41, 5.74) is 1.97. The minimum absolute atomic E-state index is 0.0495. The van der Waals surface area contributed by atoms with Gasteiger partial charge in [-0.05, 0) is 12.8 Å². The van der Waals surface area contributed by atoms with Crippen molar-refractivity contribution in [1.29, 1.82) is 0 Å². The zero-order valence-corrected chi connectivity index (χ0v) is 16.0. The quantitative estimate of drug-likeness (QED) is 0.716. The Kier molecular flexibility index (Phi) is 5.48. The van der Waals surface area contributed by atoms with Crippen molar-refractivity contribution in [2.24, 2.45) is 5.92 Å². The van der Waals surface area contributed by atoms with Crippen molar-refractivity contribution in [3.05, 3.63) is 58.7 Å². The summed E-state index contributed by atoms with van der Waals surface area (Å²) >= 11 is 1.53. The number of nitrogens with zero attached hydrogens (tertiary/aromatic N) is 3. The van der Waals surface area contributed by atoms with Gasteiger partial charge in [0, 0.05) is 30.1 Å². The van der Waals surface area contributed by atoms with Gasteiger partial charge in [-0.15, -0.1) is 11.3 Å². The summed E-state index contributed by atoms with van der Waals surface area (Å²) in [5.74, 6) is -0.291. The van der Waals surface area contributed by atoms with Crippen molar-refractivity contribution in [2.45, 2.75) is 19.4 Å². The average Bonchev–Trinajstić information content (AvgIpc) is 3.44. The third-order valence-electron chi connectivity index (χ3n) is 4.76. The number of benzene rings is 1. The number of thiazole rings is 1. The second kappa shape index (κ2) is 8.35. The van der Waals surface area contributed by atoms with E-state index in [0.717, 1.165) is 29.1 Å². The molecule has 4 rings (SSSR count). The highest BCUT2D eigenvalue weighted by Crippen LogP contribution is 2.22. The summed E-state index contributed by atoms with van der Waals surface area (Å²) < 4.78 is 4.94. The molecule has 0 saturated carbocycles. The zero-order valence-electron chi connectivity index (χ0n) is 15.2. The molecule has 1 aromatic carbocycles. The lowest BCUT2D eigenvalue weighted by atomic mass is 9.97. The molecule has 0 radical (unpaired) electrons. The molecule has 1 saturated heterocycles. The molecule has 0 aliphatic carbocycles. The SMILES string of the molecule is O=C(NCc1nc(-c2ccccc2)cs1)[C@H]1CCCN(C(=O)c2ccno2)C1. The molecule has 8 heteroatoms. The fourth-order valence-electron chi connectivity index (χ4n) is 3.30. The Morgan fingerprint density at radius 1 is 1.25 bits per heavy atom. The van der Waals surface area contributed by atoms with Gasteiger partial charge in [0.15, 0.2) is 0 Å². The molecule has 144 valence electrons. The van der Waals surface area contributed by atoms with Crippen LogP contribution >= 0.6 is 11.3 Å².